The topological polar surface area (TPSA) is 66.5 Å². The van der Waals surface area contributed by atoms with Crippen molar-refractivity contribution in [2.45, 2.75) is 30.2 Å². The van der Waals surface area contributed by atoms with Gasteiger partial charge in [0, 0.05) is 6.54 Å². The summed E-state index contributed by atoms with van der Waals surface area (Å²) in [5.41, 5.74) is -0.0647. The van der Waals surface area contributed by atoms with Gasteiger partial charge in [0.2, 0.25) is 15.9 Å². The van der Waals surface area contributed by atoms with Crippen molar-refractivity contribution in [3.63, 3.8) is 0 Å². The van der Waals surface area contributed by atoms with Gasteiger partial charge in [-0.3, -0.25) is 4.79 Å². The summed E-state index contributed by atoms with van der Waals surface area (Å²) >= 11 is 5.73. The Balaban J connectivity index is 1.87. The maximum Gasteiger partial charge on any atom is 0.243 e. The zero-order valence-electron chi connectivity index (χ0n) is 13.9. The van der Waals surface area contributed by atoms with E-state index in [2.05, 4.69) is 5.32 Å². The maximum atomic E-state index is 14.0. The van der Waals surface area contributed by atoms with Gasteiger partial charge in [0.25, 0.3) is 0 Å². The van der Waals surface area contributed by atoms with Crippen molar-refractivity contribution in [2.75, 3.05) is 11.9 Å². The molecule has 26 heavy (non-hydrogen) atoms. The molecule has 1 amide bonds. The quantitative estimate of drug-likeness (QED) is 0.857. The molecular weight excluding hydrogens is 379 g/mol. The zero-order valence-corrected chi connectivity index (χ0v) is 15.4. The lowest BCUT2D eigenvalue weighted by Crippen LogP contribution is -2.49. The minimum absolute atomic E-state index is 0.0647. The van der Waals surface area contributed by atoms with Crippen molar-refractivity contribution in [1.29, 1.82) is 0 Å². The van der Waals surface area contributed by atoms with Crippen molar-refractivity contribution in [2.24, 2.45) is 0 Å². The largest absolute Gasteiger partial charge is 0.322 e. The van der Waals surface area contributed by atoms with Gasteiger partial charge < -0.3 is 5.32 Å². The molecule has 1 unspecified atom stereocenters. The lowest BCUT2D eigenvalue weighted by Gasteiger charge is -2.33. The van der Waals surface area contributed by atoms with Gasteiger partial charge in [-0.05, 0) is 37.1 Å². The van der Waals surface area contributed by atoms with Crippen LogP contribution in [0, 0.1) is 5.82 Å². The highest BCUT2D eigenvalue weighted by atomic mass is 35.5. The molecule has 138 valence electrons. The molecule has 1 atom stereocenters. The molecular formula is C18H18ClFN2O3S. The highest BCUT2D eigenvalue weighted by Crippen LogP contribution is 2.27. The Kier molecular flexibility index (Phi) is 5.60. The van der Waals surface area contributed by atoms with Crippen LogP contribution in [0.1, 0.15) is 19.3 Å². The predicted octanol–water partition coefficient (Wildman–Crippen LogP) is 3.66. The van der Waals surface area contributed by atoms with Gasteiger partial charge in [0.05, 0.1) is 15.6 Å². The van der Waals surface area contributed by atoms with Gasteiger partial charge in [0.1, 0.15) is 6.04 Å². The zero-order chi connectivity index (χ0) is 18.7. The van der Waals surface area contributed by atoms with Gasteiger partial charge in [0.15, 0.2) is 5.82 Å². The van der Waals surface area contributed by atoms with Crippen LogP contribution in [-0.4, -0.2) is 31.2 Å². The van der Waals surface area contributed by atoms with Crippen molar-refractivity contribution in [3.05, 3.63) is 59.4 Å². The monoisotopic (exact) mass is 396 g/mol. The molecule has 1 fully saturated rings. The highest BCUT2D eigenvalue weighted by molar-refractivity contribution is 7.89. The summed E-state index contributed by atoms with van der Waals surface area (Å²) in [5.74, 6) is -1.30. The number of nitrogens with one attached hydrogen (secondary N) is 1. The Morgan fingerprint density at radius 2 is 1.85 bits per heavy atom. The van der Waals surface area contributed by atoms with E-state index in [0.29, 0.717) is 12.8 Å². The predicted molar refractivity (Wildman–Crippen MR) is 98.0 cm³/mol. The standard InChI is InChI=1S/C18H18ClFN2O3S/c19-14-9-6-10-15(17(14)20)21-18(23)16-11-4-5-12-22(16)26(24,25)13-7-2-1-3-8-13/h1-3,6-10,16H,4-5,11-12H2,(H,21,23). The summed E-state index contributed by atoms with van der Waals surface area (Å²) in [4.78, 5) is 12.8. The molecule has 1 saturated heterocycles. The number of hydrogen-bond acceptors (Lipinski definition) is 3. The number of benzene rings is 2. The summed E-state index contributed by atoms with van der Waals surface area (Å²) in [7, 11) is -3.81. The van der Waals surface area contributed by atoms with Crippen LogP contribution in [0.2, 0.25) is 5.02 Å². The minimum Gasteiger partial charge on any atom is -0.322 e. The number of rotatable bonds is 4. The Morgan fingerprint density at radius 3 is 2.58 bits per heavy atom. The maximum absolute atomic E-state index is 14.0. The average molecular weight is 397 g/mol. The number of carbonyl (C=O) groups excluding carboxylic acids is 1. The number of carbonyl (C=O) groups is 1. The van der Waals surface area contributed by atoms with Gasteiger partial charge in [-0.1, -0.05) is 42.3 Å². The first-order valence-corrected chi connectivity index (χ1v) is 10.0. The average Bonchev–Trinajstić information content (AvgIpc) is 2.66. The molecule has 0 saturated carbocycles. The molecule has 0 spiro atoms. The van der Waals surface area contributed by atoms with Crippen LogP contribution in [-0.2, 0) is 14.8 Å². The van der Waals surface area contributed by atoms with Crippen LogP contribution >= 0.6 is 11.6 Å². The summed E-state index contributed by atoms with van der Waals surface area (Å²) in [6, 6.07) is 11.4. The Bertz CT molecular complexity index is 906. The number of piperidine rings is 1. The number of nitrogens with zero attached hydrogens (tertiary/aromatic N) is 1. The summed E-state index contributed by atoms with van der Waals surface area (Å²) in [6.07, 6.45) is 1.76. The van der Waals surface area contributed by atoms with E-state index in [9.17, 15) is 17.6 Å². The smallest absolute Gasteiger partial charge is 0.243 e. The van der Waals surface area contributed by atoms with E-state index in [1.165, 1.54) is 34.6 Å². The minimum atomic E-state index is -3.81. The molecule has 5 nitrogen and oxygen atoms in total. The van der Waals surface area contributed by atoms with Crippen LogP contribution in [0.25, 0.3) is 0 Å². The number of amides is 1. The van der Waals surface area contributed by atoms with Gasteiger partial charge in [-0.25, -0.2) is 12.8 Å². The number of hydrogen-bond donors (Lipinski definition) is 1. The molecule has 2 aromatic rings. The second-order valence-corrected chi connectivity index (χ2v) is 8.33. The fraction of sp³-hybridized carbons (Fsp3) is 0.278. The molecule has 0 aromatic heterocycles. The first-order valence-electron chi connectivity index (χ1n) is 8.23. The van der Waals surface area contributed by atoms with E-state index in [0.717, 1.165) is 6.42 Å². The second kappa shape index (κ2) is 7.73. The molecule has 0 radical (unpaired) electrons. The summed E-state index contributed by atoms with van der Waals surface area (Å²) in [6.45, 7) is 0.243. The van der Waals surface area contributed by atoms with Crippen molar-refractivity contribution in [3.8, 4) is 0 Å². The molecule has 1 aliphatic heterocycles. The van der Waals surface area contributed by atoms with Crippen LogP contribution < -0.4 is 5.32 Å². The number of anilines is 1. The molecule has 1 aliphatic rings. The fourth-order valence-corrected chi connectivity index (χ4v) is 4.85. The van der Waals surface area contributed by atoms with E-state index in [4.69, 9.17) is 11.6 Å². The summed E-state index contributed by atoms with van der Waals surface area (Å²) in [5, 5.41) is 2.36. The molecule has 3 rings (SSSR count). The fourth-order valence-electron chi connectivity index (χ4n) is 3.00. The number of sulfonamides is 1. The molecule has 8 heteroatoms. The van der Waals surface area contributed by atoms with Crippen LogP contribution in [0.15, 0.2) is 53.4 Å². The van der Waals surface area contributed by atoms with Crippen molar-refractivity contribution in [1.82, 2.24) is 4.31 Å². The third kappa shape index (κ3) is 3.75. The van der Waals surface area contributed by atoms with Crippen LogP contribution in [0.3, 0.4) is 0 Å². The van der Waals surface area contributed by atoms with E-state index in [1.807, 2.05) is 0 Å². The van der Waals surface area contributed by atoms with Crippen LogP contribution in [0.4, 0.5) is 10.1 Å². The molecule has 2 aromatic carbocycles. The lowest BCUT2D eigenvalue weighted by atomic mass is 10.0. The van der Waals surface area contributed by atoms with Gasteiger partial charge in [-0.2, -0.15) is 4.31 Å². The van der Waals surface area contributed by atoms with Gasteiger partial charge in [-0.15, -0.1) is 0 Å². The SMILES string of the molecule is O=C(Nc1cccc(Cl)c1F)C1CCCCN1S(=O)(=O)c1ccccc1. The van der Waals surface area contributed by atoms with E-state index in [-0.39, 0.29) is 22.2 Å². The van der Waals surface area contributed by atoms with Crippen molar-refractivity contribution < 1.29 is 17.6 Å². The highest BCUT2D eigenvalue weighted by Gasteiger charge is 2.37. The Hall–Kier alpha value is -1.96. The van der Waals surface area contributed by atoms with E-state index in [1.54, 1.807) is 18.2 Å². The molecule has 1 N–H and O–H groups in total. The first-order chi connectivity index (χ1) is 12.4. The Morgan fingerprint density at radius 1 is 1.12 bits per heavy atom. The third-order valence-corrected chi connectivity index (χ3v) is 6.53. The second-order valence-electron chi connectivity index (χ2n) is 6.03. The lowest BCUT2D eigenvalue weighted by molar-refractivity contribution is -0.120. The van der Waals surface area contributed by atoms with Crippen molar-refractivity contribution >= 4 is 33.2 Å². The van der Waals surface area contributed by atoms with E-state index >= 15 is 0 Å². The summed E-state index contributed by atoms with van der Waals surface area (Å²) < 4.78 is 41.1. The Labute approximate surface area is 156 Å². The molecule has 1 heterocycles. The molecule has 0 aliphatic carbocycles. The van der Waals surface area contributed by atoms with Crippen LogP contribution in [0.5, 0.6) is 0 Å². The third-order valence-electron chi connectivity index (χ3n) is 4.32. The number of halogens is 2. The van der Waals surface area contributed by atoms with E-state index < -0.39 is 27.8 Å². The van der Waals surface area contributed by atoms with Gasteiger partial charge >= 0.3 is 0 Å². The first kappa shape index (κ1) is 18.8. The molecule has 0 bridgehead atoms. The normalized spacial score (nSPS) is 18.5.